The van der Waals surface area contributed by atoms with Crippen LogP contribution < -0.4 is 15.8 Å². The number of carbonyl (C=O) groups excluding carboxylic acids is 1. The van der Waals surface area contributed by atoms with Gasteiger partial charge in [-0.25, -0.2) is 4.98 Å². The molecule has 1 amide bonds. The molecule has 2 aliphatic rings. The molecular weight excluding hydrogens is 444 g/mol. The second-order valence-electron chi connectivity index (χ2n) is 9.03. The Bertz CT molecular complexity index is 1220. The van der Waals surface area contributed by atoms with Gasteiger partial charge in [0.25, 0.3) is 5.56 Å². The second kappa shape index (κ2) is 10.4. The van der Waals surface area contributed by atoms with Gasteiger partial charge in [0.1, 0.15) is 6.10 Å². The Morgan fingerprint density at radius 2 is 1.83 bits per heavy atom. The molecule has 0 saturated carbocycles. The highest BCUT2D eigenvalue weighted by Gasteiger charge is 2.25. The van der Waals surface area contributed by atoms with Crippen molar-refractivity contribution < 1.29 is 9.53 Å². The van der Waals surface area contributed by atoms with E-state index >= 15 is 0 Å². The number of morpholine rings is 1. The predicted octanol–water partition coefficient (Wildman–Crippen LogP) is 2.45. The van der Waals surface area contributed by atoms with Gasteiger partial charge < -0.3 is 15.0 Å². The van der Waals surface area contributed by atoms with Crippen molar-refractivity contribution in [3.8, 4) is 11.3 Å². The molecule has 0 bridgehead atoms. The third-order valence-electron chi connectivity index (χ3n) is 6.57. The minimum atomic E-state index is -0.167. The van der Waals surface area contributed by atoms with Crippen LogP contribution in [0.1, 0.15) is 24.5 Å². The lowest BCUT2D eigenvalue weighted by atomic mass is 10.1. The van der Waals surface area contributed by atoms with Crippen LogP contribution in [0, 0.1) is 0 Å². The number of pyridine rings is 1. The highest BCUT2D eigenvalue weighted by Crippen LogP contribution is 2.27. The molecule has 182 valence electrons. The molecule has 4 heterocycles. The van der Waals surface area contributed by atoms with E-state index in [4.69, 9.17) is 9.72 Å². The number of nitrogens with one attached hydrogen (secondary N) is 1. The van der Waals surface area contributed by atoms with Crippen molar-refractivity contribution in [3.63, 3.8) is 0 Å². The first-order valence-electron chi connectivity index (χ1n) is 12.0. The number of aromatic nitrogens is 3. The summed E-state index contributed by atoms with van der Waals surface area (Å²) in [4.78, 5) is 38.1. The van der Waals surface area contributed by atoms with Crippen LogP contribution >= 0.6 is 0 Å². The fraction of sp³-hybridized carbons (Fsp3) is 0.385. The van der Waals surface area contributed by atoms with E-state index in [-0.39, 0.29) is 17.6 Å². The van der Waals surface area contributed by atoms with Crippen LogP contribution in [0.2, 0.25) is 0 Å². The van der Waals surface area contributed by atoms with E-state index in [1.165, 1.54) is 0 Å². The summed E-state index contributed by atoms with van der Waals surface area (Å²) in [5.41, 5.74) is 3.16. The molecule has 2 aliphatic heterocycles. The topological polar surface area (TPSA) is 92.6 Å². The largest absolute Gasteiger partial charge is 0.370 e. The van der Waals surface area contributed by atoms with Gasteiger partial charge in [0, 0.05) is 43.3 Å². The fourth-order valence-corrected chi connectivity index (χ4v) is 4.64. The van der Waals surface area contributed by atoms with Crippen molar-refractivity contribution in [2.24, 2.45) is 7.05 Å². The molecule has 1 N–H and O–H groups in total. The van der Waals surface area contributed by atoms with Crippen LogP contribution in [-0.4, -0.2) is 64.7 Å². The van der Waals surface area contributed by atoms with Crippen LogP contribution in [0.4, 0.5) is 11.6 Å². The standard InChI is InChI=1S/C26H30N6O3/c1-30-25(34)16-22(19-8-10-27-11-9-19)29-26(30)32-14-15-35-23(17-32)20-4-6-21(7-5-20)28-24(33)18-31-12-2-3-13-31/h4-11,16,23H,2-3,12-15,17-18H2,1H3,(H,28,33)/t23-/m1/s1. The Hall–Kier alpha value is -3.56. The molecule has 35 heavy (non-hydrogen) atoms. The summed E-state index contributed by atoms with van der Waals surface area (Å²) in [6.07, 6.45) is 5.55. The van der Waals surface area contributed by atoms with E-state index in [2.05, 4.69) is 20.1 Å². The van der Waals surface area contributed by atoms with Gasteiger partial charge >= 0.3 is 0 Å². The highest BCUT2D eigenvalue weighted by atomic mass is 16.5. The molecule has 0 radical (unpaired) electrons. The lowest BCUT2D eigenvalue weighted by molar-refractivity contribution is -0.117. The van der Waals surface area contributed by atoms with E-state index in [1.807, 2.05) is 36.4 Å². The number of carbonyl (C=O) groups is 1. The number of anilines is 2. The molecular formula is C26H30N6O3. The number of ether oxygens (including phenoxy) is 1. The number of rotatable bonds is 6. The first kappa shape index (κ1) is 23.2. The third kappa shape index (κ3) is 5.41. The molecule has 9 nitrogen and oxygen atoms in total. The lowest BCUT2D eigenvalue weighted by Gasteiger charge is -2.34. The second-order valence-corrected chi connectivity index (χ2v) is 9.03. The molecule has 0 aliphatic carbocycles. The number of hydrogen-bond donors (Lipinski definition) is 1. The van der Waals surface area contributed by atoms with Gasteiger partial charge in [0.05, 0.1) is 25.4 Å². The SMILES string of the molecule is Cn1c(N2CCO[C@@H](c3ccc(NC(=O)CN4CCCC4)cc3)C2)nc(-c2ccncc2)cc1=O. The van der Waals surface area contributed by atoms with Crippen molar-refractivity contribution in [2.75, 3.05) is 49.5 Å². The molecule has 3 aromatic rings. The average Bonchev–Trinajstić information content (AvgIpc) is 3.39. The Balaban J connectivity index is 1.28. The molecule has 9 heteroatoms. The van der Waals surface area contributed by atoms with E-state index < -0.39 is 0 Å². The average molecular weight is 475 g/mol. The minimum Gasteiger partial charge on any atom is -0.370 e. The van der Waals surface area contributed by atoms with Crippen molar-refractivity contribution in [3.05, 3.63) is 70.8 Å². The lowest BCUT2D eigenvalue weighted by Crippen LogP contribution is -2.41. The van der Waals surface area contributed by atoms with Crippen LogP contribution in [-0.2, 0) is 16.6 Å². The maximum Gasteiger partial charge on any atom is 0.255 e. The Labute approximate surface area is 204 Å². The number of hydrogen-bond acceptors (Lipinski definition) is 7. The molecule has 1 aromatic carbocycles. The summed E-state index contributed by atoms with van der Waals surface area (Å²) in [7, 11) is 1.74. The first-order valence-corrected chi connectivity index (χ1v) is 12.0. The Kier molecular flexibility index (Phi) is 6.87. The molecule has 1 atom stereocenters. The van der Waals surface area contributed by atoms with E-state index in [0.29, 0.717) is 37.9 Å². The smallest absolute Gasteiger partial charge is 0.255 e. The first-order chi connectivity index (χ1) is 17.1. The van der Waals surface area contributed by atoms with Crippen molar-refractivity contribution >= 4 is 17.5 Å². The molecule has 5 rings (SSSR count). The molecule has 0 unspecified atom stereocenters. The van der Waals surface area contributed by atoms with Gasteiger partial charge in [-0.2, -0.15) is 0 Å². The van der Waals surface area contributed by atoms with E-state index in [9.17, 15) is 9.59 Å². The molecule has 2 fully saturated rings. The Morgan fingerprint density at radius 1 is 1.09 bits per heavy atom. The molecule has 2 saturated heterocycles. The van der Waals surface area contributed by atoms with Gasteiger partial charge in [-0.05, 0) is 55.8 Å². The maximum absolute atomic E-state index is 12.7. The normalized spacial score (nSPS) is 18.5. The van der Waals surface area contributed by atoms with Gasteiger partial charge in [-0.15, -0.1) is 0 Å². The fourth-order valence-electron chi connectivity index (χ4n) is 4.64. The van der Waals surface area contributed by atoms with Crippen molar-refractivity contribution in [2.45, 2.75) is 18.9 Å². The third-order valence-corrected chi connectivity index (χ3v) is 6.57. The van der Waals surface area contributed by atoms with Crippen molar-refractivity contribution in [1.82, 2.24) is 19.4 Å². The summed E-state index contributed by atoms with van der Waals surface area (Å²) in [6.45, 7) is 4.16. The quantitative estimate of drug-likeness (QED) is 0.587. The van der Waals surface area contributed by atoms with Crippen LogP contribution in [0.25, 0.3) is 11.3 Å². The van der Waals surface area contributed by atoms with E-state index in [0.717, 1.165) is 42.7 Å². The molecule has 0 spiro atoms. The van der Waals surface area contributed by atoms with Gasteiger partial charge in [-0.3, -0.25) is 24.0 Å². The maximum atomic E-state index is 12.7. The summed E-state index contributed by atoms with van der Waals surface area (Å²) in [5, 5.41) is 2.98. The number of benzene rings is 1. The highest BCUT2D eigenvalue weighted by molar-refractivity contribution is 5.92. The van der Waals surface area contributed by atoms with Gasteiger partial charge in [-0.1, -0.05) is 12.1 Å². The zero-order valence-electron chi connectivity index (χ0n) is 19.9. The monoisotopic (exact) mass is 474 g/mol. The van der Waals surface area contributed by atoms with E-state index in [1.54, 1.807) is 30.1 Å². The predicted molar refractivity (Wildman–Crippen MR) is 134 cm³/mol. The summed E-state index contributed by atoms with van der Waals surface area (Å²) in [5.74, 6) is 0.629. The van der Waals surface area contributed by atoms with Gasteiger partial charge in [0.2, 0.25) is 11.9 Å². The molecule has 2 aromatic heterocycles. The van der Waals surface area contributed by atoms with Crippen LogP contribution in [0.5, 0.6) is 0 Å². The minimum absolute atomic E-state index is 0.0146. The van der Waals surface area contributed by atoms with Crippen LogP contribution in [0.3, 0.4) is 0 Å². The zero-order chi connectivity index (χ0) is 24.2. The summed E-state index contributed by atoms with van der Waals surface area (Å²) in [6, 6.07) is 13.0. The van der Waals surface area contributed by atoms with Crippen molar-refractivity contribution in [1.29, 1.82) is 0 Å². The van der Waals surface area contributed by atoms with Crippen LogP contribution in [0.15, 0.2) is 59.7 Å². The van der Waals surface area contributed by atoms with Gasteiger partial charge in [0.15, 0.2) is 0 Å². The number of nitrogens with zero attached hydrogens (tertiary/aromatic N) is 5. The summed E-state index contributed by atoms with van der Waals surface area (Å²) >= 11 is 0. The summed E-state index contributed by atoms with van der Waals surface area (Å²) < 4.78 is 7.63. The zero-order valence-corrected chi connectivity index (χ0v) is 19.9. The number of amides is 1. The number of likely N-dealkylation sites (tertiary alicyclic amines) is 1. The Morgan fingerprint density at radius 3 is 2.57 bits per heavy atom.